The van der Waals surface area contributed by atoms with Crippen LogP contribution in [-0.2, 0) is 4.79 Å². The first kappa shape index (κ1) is 18.1. The first-order valence-corrected chi connectivity index (χ1v) is 8.35. The Hall–Kier alpha value is -0.940. The largest absolute Gasteiger partial charge is 0.544 e. The van der Waals surface area contributed by atoms with Crippen molar-refractivity contribution in [2.24, 2.45) is 4.99 Å². The molecule has 0 amide bonds. The van der Waals surface area contributed by atoms with E-state index in [4.69, 9.17) is 0 Å². The summed E-state index contributed by atoms with van der Waals surface area (Å²) in [7, 11) is 0. The number of carboxylic acid groups (broad SMARTS) is 1. The Kier molecular flexibility index (Phi) is 8.54. The van der Waals surface area contributed by atoms with Gasteiger partial charge in [-0.1, -0.05) is 51.9 Å². The molecule has 122 valence electrons. The SMILES string of the molecule is CCCCCCCCCCC1=NCC[N+]1(CO)CC(=O)[O-]. The quantitative estimate of drug-likeness (QED) is 0.438. The highest BCUT2D eigenvalue weighted by Crippen LogP contribution is 2.19. The molecule has 0 aliphatic carbocycles. The van der Waals surface area contributed by atoms with E-state index < -0.39 is 5.97 Å². The molecule has 5 nitrogen and oxygen atoms in total. The first-order chi connectivity index (χ1) is 10.1. The molecular formula is C16H30N2O3. The molecule has 1 aliphatic rings. The predicted molar refractivity (Wildman–Crippen MR) is 81.6 cm³/mol. The van der Waals surface area contributed by atoms with Crippen molar-refractivity contribution < 1.29 is 19.5 Å². The molecule has 1 unspecified atom stereocenters. The van der Waals surface area contributed by atoms with Gasteiger partial charge in [0.1, 0.15) is 13.1 Å². The number of hydrogen-bond acceptors (Lipinski definition) is 4. The Morgan fingerprint density at radius 1 is 1.19 bits per heavy atom. The van der Waals surface area contributed by atoms with Gasteiger partial charge in [-0.25, -0.2) is 4.99 Å². The summed E-state index contributed by atoms with van der Waals surface area (Å²) in [5.74, 6) is -0.276. The van der Waals surface area contributed by atoms with Gasteiger partial charge in [-0.2, -0.15) is 0 Å². The highest BCUT2D eigenvalue weighted by Gasteiger charge is 2.37. The summed E-state index contributed by atoms with van der Waals surface area (Å²) in [6.07, 6.45) is 10.7. The molecule has 1 N–H and O–H groups in total. The van der Waals surface area contributed by atoms with Crippen molar-refractivity contribution in [2.75, 3.05) is 26.4 Å². The monoisotopic (exact) mass is 298 g/mol. The molecule has 0 saturated carbocycles. The molecule has 21 heavy (non-hydrogen) atoms. The number of nitrogens with zero attached hydrogens (tertiary/aromatic N) is 2. The molecule has 1 heterocycles. The zero-order valence-corrected chi connectivity index (χ0v) is 13.4. The fraction of sp³-hybridized carbons (Fsp3) is 0.875. The number of hydrogen-bond donors (Lipinski definition) is 1. The Labute approximate surface area is 128 Å². The molecular weight excluding hydrogens is 268 g/mol. The third-order valence-electron chi connectivity index (χ3n) is 4.33. The van der Waals surface area contributed by atoms with E-state index in [-0.39, 0.29) is 17.8 Å². The van der Waals surface area contributed by atoms with E-state index >= 15 is 0 Å². The van der Waals surface area contributed by atoms with Crippen LogP contribution in [0.5, 0.6) is 0 Å². The van der Waals surface area contributed by atoms with Crippen LogP contribution in [0.2, 0.25) is 0 Å². The number of rotatable bonds is 12. The number of quaternary nitrogens is 1. The summed E-state index contributed by atoms with van der Waals surface area (Å²) in [6, 6.07) is 0. The molecule has 0 bridgehead atoms. The van der Waals surface area contributed by atoms with E-state index in [0.29, 0.717) is 13.1 Å². The maximum absolute atomic E-state index is 10.9. The summed E-state index contributed by atoms with van der Waals surface area (Å²) in [6.45, 7) is 3.06. The second-order valence-corrected chi connectivity index (χ2v) is 6.06. The molecule has 0 fully saturated rings. The molecule has 5 heteroatoms. The van der Waals surface area contributed by atoms with Crippen molar-refractivity contribution in [3.05, 3.63) is 0 Å². The van der Waals surface area contributed by atoms with Crippen LogP contribution < -0.4 is 5.11 Å². The average Bonchev–Trinajstić information content (AvgIpc) is 2.84. The van der Waals surface area contributed by atoms with Crippen LogP contribution in [0, 0.1) is 0 Å². The summed E-state index contributed by atoms with van der Waals surface area (Å²) < 4.78 is 0.0822. The average molecular weight is 298 g/mol. The number of carbonyl (C=O) groups excluding carboxylic acids is 1. The maximum Gasteiger partial charge on any atom is 0.200 e. The van der Waals surface area contributed by atoms with Crippen LogP contribution in [0.15, 0.2) is 4.99 Å². The van der Waals surface area contributed by atoms with Gasteiger partial charge in [-0.3, -0.25) is 4.48 Å². The van der Waals surface area contributed by atoms with Gasteiger partial charge in [0.25, 0.3) is 0 Å². The van der Waals surface area contributed by atoms with Crippen molar-refractivity contribution in [1.29, 1.82) is 0 Å². The zero-order valence-electron chi connectivity index (χ0n) is 13.4. The fourth-order valence-corrected chi connectivity index (χ4v) is 3.00. The lowest BCUT2D eigenvalue weighted by Crippen LogP contribution is -2.56. The minimum atomic E-state index is -1.12. The van der Waals surface area contributed by atoms with Gasteiger partial charge in [-0.15, -0.1) is 0 Å². The number of unbranched alkanes of at least 4 members (excludes halogenated alkanes) is 7. The van der Waals surface area contributed by atoms with Crippen molar-refractivity contribution >= 4 is 11.8 Å². The van der Waals surface area contributed by atoms with Crippen LogP contribution in [0.25, 0.3) is 0 Å². The van der Waals surface area contributed by atoms with Gasteiger partial charge >= 0.3 is 0 Å². The van der Waals surface area contributed by atoms with Crippen LogP contribution in [-0.4, -0.2) is 47.8 Å². The lowest BCUT2D eigenvalue weighted by molar-refractivity contribution is -0.851. The molecule has 0 aromatic heterocycles. The van der Waals surface area contributed by atoms with E-state index in [1.807, 2.05) is 0 Å². The summed E-state index contributed by atoms with van der Waals surface area (Å²) in [5, 5.41) is 20.4. The van der Waals surface area contributed by atoms with Gasteiger partial charge in [0.05, 0.1) is 12.5 Å². The third kappa shape index (κ3) is 6.14. The smallest absolute Gasteiger partial charge is 0.200 e. The number of aliphatic carboxylic acids is 1. The van der Waals surface area contributed by atoms with Crippen molar-refractivity contribution in [1.82, 2.24) is 0 Å². The molecule has 1 atom stereocenters. The van der Waals surface area contributed by atoms with Gasteiger partial charge in [-0.05, 0) is 6.42 Å². The van der Waals surface area contributed by atoms with E-state index in [9.17, 15) is 15.0 Å². The van der Waals surface area contributed by atoms with Gasteiger partial charge in [0, 0.05) is 6.42 Å². The molecule has 0 aromatic carbocycles. The zero-order chi connectivity index (χ0) is 15.6. The second kappa shape index (κ2) is 9.90. The minimum Gasteiger partial charge on any atom is -0.544 e. The fourth-order valence-electron chi connectivity index (χ4n) is 3.00. The van der Waals surface area contributed by atoms with E-state index in [1.165, 1.54) is 38.5 Å². The normalized spacial score (nSPS) is 21.5. The number of carbonyl (C=O) groups is 1. The Bertz CT molecular complexity index is 344. The summed E-state index contributed by atoms with van der Waals surface area (Å²) in [4.78, 5) is 15.3. The van der Waals surface area contributed by atoms with Crippen LogP contribution >= 0.6 is 0 Å². The van der Waals surface area contributed by atoms with Gasteiger partial charge in [0.15, 0.2) is 6.73 Å². The number of aliphatic hydroxyl groups excluding tert-OH is 1. The number of aliphatic imine (C=N–C) groups is 1. The standard InChI is InChI=1S/C16H30N2O3/c1-2-3-4-5-6-7-8-9-10-15-17-11-12-18(15,14-19)13-16(20)21/h19H,2-14H2,1H3. The highest BCUT2D eigenvalue weighted by molar-refractivity contribution is 5.79. The molecule has 0 radical (unpaired) electrons. The molecule has 0 spiro atoms. The van der Waals surface area contributed by atoms with Crippen molar-refractivity contribution in [2.45, 2.75) is 64.7 Å². The van der Waals surface area contributed by atoms with Crippen molar-refractivity contribution in [3.63, 3.8) is 0 Å². The Balaban J connectivity index is 2.22. The lowest BCUT2D eigenvalue weighted by Gasteiger charge is -2.32. The van der Waals surface area contributed by atoms with Gasteiger partial charge in [0.2, 0.25) is 5.84 Å². The van der Waals surface area contributed by atoms with E-state index in [0.717, 1.165) is 25.1 Å². The predicted octanol–water partition coefficient (Wildman–Crippen LogP) is 1.45. The molecule has 1 aliphatic heterocycles. The molecule has 0 saturated heterocycles. The Morgan fingerprint density at radius 2 is 1.81 bits per heavy atom. The van der Waals surface area contributed by atoms with Crippen LogP contribution in [0.3, 0.4) is 0 Å². The number of amidine groups is 1. The lowest BCUT2D eigenvalue weighted by atomic mass is 10.1. The minimum absolute atomic E-state index is 0.0822. The van der Waals surface area contributed by atoms with Gasteiger partial charge < -0.3 is 15.0 Å². The number of aliphatic hydroxyl groups is 1. The maximum atomic E-state index is 10.9. The molecule has 0 aromatic rings. The first-order valence-electron chi connectivity index (χ1n) is 8.35. The summed E-state index contributed by atoms with van der Waals surface area (Å²) >= 11 is 0. The third-order valence-corrected chi connectivity index (χ3v) is 4.33. The highest BCUT2D eigenvalue weighted by atomic mass is 16.4. The number of carboxylic acids is 1. The van der Waals surface area contributed by atoms with Crippen molar-refractivity contribution in [3.8, 4) is 0 Å². The van der Waals surface area contributed by atoms with Crippen LogP contribution in [0.4, 0.5) is 0 Å². The van der Waals surface area contributed by atoms with Crippen LogP contribution in [0.1, 0.15) is 64.7 Å². The topological polar surface area (TPSA) is 72.7 Å². The molecule has 1 rings (SSSR count). The summed E-state index contributed by atoms with van der Waals surface area (Å²) in [5.41, 5.74) is 0. The Morgan fingerprint density at radius 3 is 2.38 bits per heavy atom. The second-order valence-electron chi connectivity index (χ2n) is 6.06. The van der Waals surface area contributed by atoms with E-state index in [2.05, 4.69) is 11.9 Å². The van der Waals surface area contributed by atoms with E-state index in [1.54, 1.807) is 0 Å².